The second-order valence-electron chi connectivity index (χ2n) is 6.91. The molecule has 2 aromatic rings. The Balaban J connectivity index is 1.54. The molecule has 2 aromatic heterocycles. The predicted molar refractivity (Wildman–Crippen MR) is 85.3 cm³/mol. The van der Waals surface area contributed by atoms with E-state index in [0.717, 1.165) is 50.4 Å². The van der Waals surface area contributed by atoms with E-state index in [1.807, 2.05) is 24.8 Å². The van der Waals surface area contributed by atoms with E-state index >= 15 is 0 Å². The van der Waals surface area contributed by atoms with Gasteiger partial charge in [-0.3, -0.25) is 4.79 Å². The van der Waals surface area contributed by atoms with Gasteiger partial charge in [0.2, 0.25) is 5.82 Å². The molecule has 0 unspecified atom stereocenters. The highest BCUT2D eigenvalue weighted by atomic mass is 16.2. The molecule has 2 aliphatic heterocycles. The number of fused-ring (bicyclic) bond motifs is 1. The number of nitrogens with one attached hydrogen (secondary N) is 1. The number of hydrogen-bond acceptors (Lipinski definition) is 5. The lowest BCUT2D eigenvalue weighted by molar-refractivity contribution is 0.0596. The molecule has 0 saturated carbocycles. The summed E-state index contributed by atoms with van der Waals surface area (Å²) in [5.74, 6) is 0.680. The van der Waals surface area contributed by atoms with E-state index in [1.54, 1.807) is 4.52 Å². The fraction of sp³-hybridized carbons (Fsp3) is 0.625. The van der Waals surface area contributed by atoms with E-state index in [-0.39, 0.29) is 11.7 Å². The van der Waals surface area contributed by atoms with Gasteiger partial charge in [0.1, 0.15) is 0 Å². The quantitative estimate of drug-likeness (QED) is 0.848. The van der Waals surface area contributed by atoms with Gasteiger partial charge in [0.05, 0.1) is 0 Å². The average molecular weight is 314 g/mol. The van der Waals surface area contributed by atoms with Crippen molar-refractivity contribution >= 4 is 11.7 Å². The number of piperidine rings is 1. The summed E-state index contributed by atoms with van der Waals surface area (Å²) in [7, 11) is 0. The Kier molecular flexibility index (Phi) is 3.33. The van der Waals surface area contributed by atoms with Crippen LogP contribution in [0.25, 0.3) is 5.78 Å². The monoisotopic (exact) mass is 314 g/mol. The number of carbonyl (C=O) groups is 1. The molecule has 4 rings (SSSR count). The van der Waals surface area contributed by atoms with Gasteiger partial charge in [-0.1, -0.05) is 0 Å². The number of amides is 1. The second-order valence-corrected chi connectivity index (χ2v) is 6.91. The Bertz CT molecular complexity index is 751. The summed E-state index contributed by atoms with van der Waals surface area (Å²) in [5.41, 5.74) is 2.22. The molecular formula is C16H22N6O. The molecule has 7 nitrogen and oxygen atoms in total. The zero-order chi connectivity index (χ0) is 16.0. The molecule has 0 atom stereocenters. The first-order valence-corrected chi connectivity index (χ1v) is 8.27. The summed E-state index contributed by atoms with van der Waals surface area (Å²) in [5, 5.41) is 7.81. The van der Waals surface area contributed by atoms with Gasteiger partial charge >= 0.3 is 0 Å². The number of rotatable bonds is 1. The maximum Gasteiger partial charge on any atom is 0.293 e. The third-order valence-corrected chi connectivity index (χ3v) is 5.25. The first kappa shape index (κ1) is 14.6. The SMILES string of the molecule is Cc1cc(C)n2nc(C(=O)N3CCC4(CCNC4)CC3)nc2n1. The number of likely N-dealkylation sites (tertiary alicyclic amines) is 1. The summed E-state index contributed by atoms with van der Waals surface area (Å²) in [6.07, 6.45) is 3.36. The predicted octanol–water partition coefficient (Wildman–Crippen LogP) is 0.957. The van der Waals surface area contributed by atoms with Crippen molar-refractivity contribution in [2.75, 3.05) is 26.2 Å². The van der Waals surface area contributed by atoms with Crippen LogP contribution < -0.4 is 5.32 Å². The molecule has 1 spiro atoms. The minimum absolute atomic E-state index is 0.0756. The van der Waals surface area contributed by atoms with Gasteiger partial charge in [0.25, 0.3) is 11.7 Å². The first-order chi connectivity index (χ1) is 11.1. The molecule has 23 heavy (non-hydrogen) atoms. The first-order valence-electron chi connectivity index (χ1n) is 8.27. The molecule has 0 radical (unpaired) electrons. The highest BCUT2D eigenvalue weighted by Crippen LogP contribution is 2.37. The molecule has 0 aliphatic carbocycles. The van der Waals surface area contributed by atoms with E-state index in [0.29, 0.717) is 11.2 Å². The van der Waals surface area contributed by atoms with Crippen molar-refractivity contribution < 1.29 is 4.79 Å². The van der Waals surface area contributed by atoms with Gasteiger partial charge in [-0.05, 0) is 51.1 Å². The molecule has 2 saturated heterocycles. The molecule has 7 heteroatoms. The molecule has 1 N–H and O–H groups in total. The van der Waals surface area contributed by atoms with Crippen molar-refractivity contribution in [3.8, 4) is 0 Å². The standard InChI is InChI=1S/C16H22N6O/c1-11-9-12(2)22-15(18-11)19-13(20-22)14(23)21-7-4-16(5-8-21)3-6-17-10-16/h9,17H,3-8,10H2,1-2H3. The summed E-state index contributed by atoms with van der Waals surface area (Å²) in [4.78, 5) is 23.3. The third-order valence-electron chi connectivity index (χ3n) is 5.25. The molecule has 2 aliphatic rings. The van der Waals surface area contributed by atoms with E-state index < -0.39 is 0 Å². The Morgan fingerprint density at radius 2 is 2.00 bits per heavy atom. The Labute approximate surface area is 135 Å². The lowest BCUT2D eigenvalue weighted by Gasteiger charge is -2.38. The maximum atomic E-state index is 12.7. The van der Waals surface area contributed by atoms with Crippen molar-refractivity contribution in [1.29, 1.82) is 0 Å². The van der Waals surface area contributed by atoms with E-state index in [1.165, 1.54) is 6.42 Å². The van der Waals surface area contributed by atoms with Crippen molar-refractivity contribution in [3.05, 3.63) is 23.3 Å². The second kappa shape index (κ2) is 5.26. The Morgan fingerprint density at radius 1 is 1.22 bits per heavy atom. The molecule has 1 amide bonds. The largest absolute Gasteiger partial charge is 0.336 e. The highest BCUT2D eigenvalue weighted by Gasteiger charge is 2.38. The van der Waals surface area contributed by atoms with Gasteiger partial charge in [-0.15, -0.1) is 5.10 Å². The fourth-order valence-electron chi connectivity index (χ4n) is 3.80. The molecule has 4 heterocycles. The summed E-state index contributed by atoms with van der Waals surface area (Å²) < 4.78 is 1.65. The van der Waals surface area contributed by atoms with Crippen LogP contribution in [0.1, 0.15) is 41.3 Å². The smallest absolute Gasteiger partial charge is 0.293 e. The minimum Gasteiger partial charge on any atom is -0.336 e. The van der Waals surface area contributed by atoms with Crippen LogP contribution in [-0.2, 0) is 0 Å². The zero-order valence-corrected chi connectivity index (χ0v) is 13.7. The van der Waals surface area contributed by atoms with Crippen molar-refractivity contribution in [2.24, 2.45) is 5.41 Å². The van der Waals surface area contributed by atoms with E-state index in [2.05, 4.69) is 20.4 Å². The van der Waals surface area contributed by atoms with Gasteiger partial charge in [0, 0.05) is 31.0 Å². The number of aryl methyl sites for hydroxylation is 2. The maximum absolute atomic E-state index is 12.7. The topological polar surface area (TPSA) is 75.4 Å². The number of nitrogens with zero attached hydrogens (tertiary/aromatic N) is 5. The molecule has 2 fully saturated rings. The van der Waals surface area contributed by atoms with Gasteiger partial charge in [-0.25, -0.2) is 9.50 Å². The van der Waals surface area contributed by atoms with Crippen LogP contribution in [0.15, 0.2) is 6.07 Å². The lowest BCUT2D eigenvalue weighted by Crippen LogP contribution is -2.44. The Hall–Kier alpha value is -2.02. The normalized spacial score (nSPS) is 20.5. The van der Waals surface area contributed by atoms with Crippen LogP contribution in [0.3, 0.4) is 0 Å². The van der Waals surface area contributed by atoms with Crippen LogP contribution in [-0.4, -0.2) is 56.6 Å². The third kappa shape index (κ3) is 2.49. The van der Waals surface area contributed by atoms with Crippen molar-refractivity contribution in [1.82, 2.24) is 29.8 Å². The van der Waals surface area contributed by atoms with Crippen LogP contribution in [0, 0.1) is 19.3 Å². The van der Waals surface area contributed by atoms with E-state index in [4.69, 9.17) is 0 Å². The van der Waals surface area contributed by atoms with E-state index in [9.17, 15) is 4.79 Å². The van der Waals surface area contributed by atoms with Gasteiger partial charge < -0.3 is 10.2 Å². The molecule has 0 aromatic carbocycles. The van der Waals surface area contributed by atoms with Crippen LogP contribution in [0.5, 0.6) is 0 Å². The summed E-state index contributed by atoms with van der Waals surface area (Å²) in [6.45, 7) is 7.64. The van der Waals surface area contributed by atoms with Crippen molar-refractivity contribution in [3.63, 3.8) is 0 Å². The van der Waals surface area contributed by atoms with Crippen molar-refractivity contribution in [2.45, 2.75) is 33.1 Å². The van der Waals surface area contributed by atoms with Gasteiger partial charge in [0.15, 0.2) is 0 Å². The summed E-state index contributed by atoms with van der Waals surface area (Å²) in [6, 6.07) is 1.94. The molecule has 0 bridgehead atoms. The lowest BCUT2D eigenvalue weighted by atomic mass is 9.78. The molecular weight excluding hydrogens is 292 g/mol. The fourth-order valence-corrected chi connectivity index (χ4v) is 3.80. The Morgan fingerprint density at radius 3 is 2.70 bits per heavy atom. The molecule has 122 valence electrons. The van der Waals surface area contributed by atoms with Crippen LogP contribution >= 0.6 is 0 Å². The van der Waals surface area contributed by atoms with Crippen LogP contribution in [0.4, 0.5) is 0 Å². The van der Waals surface area contributed by atoms with Crippen LogP contribution in [0.2, 0.25) is 0 Å². The average Bonchev–Trinajstić information content (AvgIpc) is 3.15. The van der Waals surface area contributed by atoms with Gasteiger partial charge in [-0.2, -0.15) is 4.98 Å². The zero-order valence-electron chi connectivity index (χ0n) is 13.7. The number of aromatic nitrogens is 4. The minimum atomic E-state index is -0.0756. The summed E-state index contributed by atoms with van der Waals surface area (Å²) >= 11 is 0. The highest BCUT2D eigenvalue weighted by molar-refractivity contribution is 5.91. The number of hydrogen-bond donors (Lipinski definition) is 1. The number of carbonyl (C=O) groups excluding carboxylic acids is 1.